The highest BCUT2D eigenvalue weighted by atomic mass is 14.0. The van der Waals surface area contributed by atoms with Crippen LogP contribution in [-0.4, -0.2) is 0 Å². The zero-order chi connectivity index (χ0) is 9.94. The first kappa shape index (κ1) is 12.7. The van der Waals surface area contributed by atoms with Crippen LogP contribution in [0.25, 0.3) is 0 Å². The molecule has 0 saturated carbocycles. The molecule has 78 valence electrons. The van der Waals surface area contributed by atoms with Crippen molar-refractivity contribution in [2.45, 2.75) is 72.1 Å². The van der Waals surface area contributed by atoms with E-state index in [1.54, 1.807) is 5.57 Å². The van der Waals surface area contributed by atoms with Gasteiger partial charge in [0, 0.05) is 0 Å². The van der Waals surface area contributed by atoms with Crippen LogP contribution < -0.4 is 0 Å². The van der Waals surface area contributed by atoms with E-state index in [0.29, 0.717) is 0 Å². The summed E-state index contributed by atoms with van der Waals surface area (Å²) in [6.45, 7) is 6.73. The Balaban J connectivity index is 3.08. The highest BCUT2D eigenvalue weighted by Crippen LogP contribution is 2.09. The summed E-state index contributed by atoms with van der Waals surface area (Å²) in [5, 5.41) is 0. The Morgan fingerprint density at radius 1 is 0.923 bits per heavy atom. The second-order valence-electron chi connectivity index (χ2n) is 3.96. The molecule has 0 aliphatic rings. The van der Waals surface area contributed by atoms with Gasteiger partial charge in [0.15, 0.2) is 0 Å². The van der Waals surface area contributed by atoms with Crippen LogP contribution in [0, 0.1) is 0 Å². The number of hydrogen-bond donors (Lipinski definition) is 0. The van der Waals surface area contributed by atoms with Gasteiger partial charge in [-0.25, -0.2) is 0 Å². The van der Waals surface area contributed by atoms with Gasteiger partial charge < -0.3 is 0 Å². The Kier molecular flexibility index (Phi) is 9.63. The predicted molar refractivity (Wildman–Crippen MR) is 62.0 cm³/mol. The Morgan fingerprint density at radius 2 is 1.54 bits per heavy atom. The van der Waals surface area contributed by atoms with E-state index in [-0.39, 0.29) is 0 Å². The third-order valence-electron chi connectivity index (χ3n) is 2.61. The molecule has 0 atom stereocenters. The minimum absolute atomic E-state index is 1.22. The zero-order valence-corrected chi connectivity index (χ0v) is 9.73. The highest BCUT2D eigenvalue weighted by molar-refractivity contribution is 4.96. The van der Waals surface area contributed by atoms with E-state index in [1.165, 1.54) is 51.4 Å². The number of allylic oxidation sites excluding steroid dienone is 2. The van der Waals surface area contributed by atoms with Crippen LogP contribution in [0.5, 0.6) is 0 Å². The van der Waals surface area contributed by atoms with Crippen molar-refractivity contribution in [3.63, 3.8) is 0 Å². The van der Waals surface area contributed by atoms with Crippen LogP contribution in [0.2, 0.25) is 0 Å². The maximum Gasteiger partial charge on any atom is -0.0348 e. The first-order valence-corrected chi connectivity index (χ1v) is 5.96. The molecule has 0 nitrogen and oxygen atoms in total. The monoisotopic (exact) mass is 182 g/mol. The van der Waals surface area contributed by atoms with Gasteiger partial charge in [-0.15, -0.1) is 0 Å². The van der Waals surface area contributed by atoms with Crippen LogP contribution in [0.1, 0.15) is 72.1 Å². The van der Waals surface area contributed by atoms with Gasteiger partial charge in [-0.3, -0.25) is 0 Å². The number of rotatable bonds is 8. The molecule has 13 heavy (non-hydrogen) atoms. The lowest BCUT2D eigenvalue weighted by molar-refractivity contribution is 0.610. The first-order valence-electron chi connectivity index (χ1n) is 5.96. The summed E-state index contributed by atoms with van der Waals surface area (Å²) in [6.07, 6.45) is 13.4. The molecular weight excluding hydrogens is 156 g/mol. The molecule has 0 aliphatic heterocycles. The van der Waals surface area contributed by atoms with Gasteiger partial charge in [-0.1, -0.05) is 57.6 Å². The molecule has 0 aromatic carbocycles. The van der Waals surface area contributed by atoms with Gasteiger partial charge in [-0.2, -0.15) is 0 Å². The molecule has 0 saturated heterocycles. The van der Waals surface area contributed by atoms with E-state index in [0.717, 1.165) is 0 Å². The molecule has 0 aliphatic carbocycles. The highest BCUT2D eigenvalue weighted by Gasteiger charge is 1.89. The smallest absolute Gasteiger partial charge is 0.0348 e. The molecule has 0 radical (unpaired) electrons. The SMILES string of the molecule is CCCCCCCC/C=C(/C)CC. The van der Waals surface area contributed by atoms with Crippen molar-refractivity contribution in [2.24, 2.45) is 0 Å². The van der Waals surface area contributed by atoms with Gasteiger partial charge in [0.25, 0.3) is 0 Å². The quantitative estimate of drug-likeness (QED) is 0.362. The Hall–Kier alpha value is -0.260. The fourth-order valence-electron chi connectivity index (χ4n) is 1.42. The van der Waals surface area contributed by atoms with Gasteiger partial charge in [0.2, 0.25) is 0 Å². The normalized spacial score (nSPS) is 12.1. The lowest BCUT2D eigenvalue weighted by Crippen LogP contribution is -1.79. The van der Waals surface area contributed by atoms with Crippen molar-refractivity contribution in [1.29, 1.82) is 0 Å². The van der Waals surface area contributed by atoms with Crippen LogP contribution in [0.3, 0.4) is 0 Å². The number of unbranched alkanes of at least 4 members (excludes halogenated alkanes) is 6. The van der Waals surface area contributed by atoms with Gasteiger partial charge in [-0.05, 0) is 26.2 Å². The summed E-state index contributed by atoms with van der Waals surface area (Å²) in [7, 11) is 0. The van der Waals surface area contributed by atoms with Gasteiger partial charge >= 0.3 is 0 Å². The molecular formula is C13H26. The van der Waals surface area contributed by atoms with Gasteiger partial charge in [0.1, 0.15) is 0 Å². The zero-order valence-electron chi connectivity index (χ0n) is 9.73. The van der Waals surface area contributed by atoms with Crippen LogP contribution in [0.15, 0.2) is 11.6 Å². The summed E-state index contributed by atoms with van der Waals surface area (Å²) >= 11 is 0. The average molecular weight is 182 g/mol. The summed E-state index contributed by atoms with van der Waals surface area (Å²) in [4.78, 5) is 0. The lowest BCUT2D eigenvalue weighted by atomic mass is 10.1. The summed E-state index contributed by atoms with van der Waals surface area (Å²) in [6, 6.07) is 0. The van der Waals surface area contributed by atoms with Gasteiger partial charge in [0.05, 0.1) is 0 Å². The van der Waals surface area contributed by atoms with Crippen molar-refractivity contribution >= 4 is 0 Å². The summed E-state index contributed by atoms with van der Waals surface area (Å²) in [5.74, 6) is 0. The largest absolute Gasteiger partial charge is 0.0856 e. The minimum atomic E-state index is 1.22. The van der Waals surface area contributed by atoms with Crippen LogP contribution in [0.4, 0.5) is 0 Å². The van der Waals surface area contributed by atoms with E-state index >= 15 is 0 Å². The van der Waals surface area contributed by atoms with E-state index in [4.69, 9.17) is 0 Å². The molecule has 0 fully saturated rings. The van der Waals surface area contributed by atoms with Crippen molar-refractivity contribution in [3.05, 3.63) is 11.6 Å². The van der Waals surface area contributed by atoms with Crippen LogP contribution in [-0.2, 0) is 0 Å². The first-order chi connectivity index (χ1) is 6.31. The average Bonchev–Trinajstić information content (AvgIpc) is 2.16. The van der Waals surface area contributed by atoms with E-state index in [1.807, 2.05) is 0 Å². The number of hydrogen-bond acceptors (Lipinski definition) is 0. The lowest BCUT2D eigenvalue weighted by Gasteiger charge is -1.99. The summed E-state index contributed by atoms with van der Waals surface area (Å²) in [5.41, 5.74) is 1.55. The third-order valence-corrected chi connectivity index (χ3v) is 2.61. The fraction of sp³-hybridized carbons (Fsp3) is 0.846. The molecule has 0 heteroatoms. The molecule has 0 aromatic rings. The fourth-order valence-corrected chi connectivity index (χ4v) is 1.42. The Morgan fingerprint density at radius 3 is 2.15 bits per heavy atom. The van der Waals surface area contributed by atoms with E-state index in [9.17, 15) is 0 Å². The molecule has 0 heterocycles. The molecule has 0 aromatic heterocycles. The van der Waals surface area contributed by atoms with E-state index < -0.39 is 0 Å². The Labute approximate surface area is 84.4 Å². The van der Waals surface area contributed by atoms with Crippen molar-refractivity contribution in [1.82, 2.24) is 0 Å². The standard InChI is InChI=1S/C13H26/c1-4-6-7-8-9-10-11-12-13(3)5-2/h12H,4-11H2,1-3H3/b13-12-. The molecule has 0 unspecified atom stereocenters. The van der Waals surface area contributed by atoms with Crippen LogP contribution >= 0.6 is 0 Å². The maximum atomic E-state index is 2.40. The second-order valence-corrected chi connectivity index (χ2v) is 3.96. The van der Waals surface area contributed by atoms with Crippen molar-refractivity contribution in [2.75, 3.05) is 0 Å². The third kappa shape index (κ3) is 9.66. The second kappa shape index (κ2) is 9.83. The van der Waals surface area contributed by atoms with Crippen molar-refractivity contribution < 1.29 is 0 Å². The minimum Gasteiger partial charge on any atom is -0.0856 e. The molecule has 0 amide bonds. The summed E-state index contributed by atoms with van der Waals surface area (Å²) < 4.78 is 0. The topological polar surface area (TPSA) is 0 Å². The molecule has 0 N–H and O–H groups in total. The van der Waals surface area contributed by atoms with Crippen molar-refractivity contribution in [3.8, 4) is 0 Å². The Bertz CT molecular complexity index is 122. The molecule has 0 rings (SSSR count). The molecule has 0 spiro atoms. The van der Waals surface area contributed by atoms with E-state index in [2.05, 4.69) is 26.8 Å². The molecule has 0 bridgehead atoms. The predicted octanol–water partition coefficient (Wildman–Crippen LogP) is 5.09. The maximum absolute atomic E-state index is 2.40.